The van der Waals surface area contributed by atoms with Crippen molar-refractivity contribution in [2.24, 2.45) is 0 Å². The quantitative estimate of drug-likeness (QED) is 0.503. The van der Waals surface area contributed by atoms with Gasteiger partial charge in [0.1, 0.15) is 5.75 Å². The molecule has 1 rings (SSSR count). The number of alkyl halides is 6. The van der Waals surface area contributed by atoms with E-state index in [0.717, 1.165) is 12.1 Å². The Hall–Kier alpha value is -0.933. The molecule has 22 heavy (non-hydrogen) atoms. The second kappa shape index (κ2) is 6.29. The van der Waals surface area contributed by atoms with Gasteiger partial charge in [-0.05, 0) is 43.4 Å². The van der Waals surface area contributed by atoms with Crippen molar-refractivity contribution < 1.29 is 35.5 Å². The highest BCUT2D eigenvalue weighted by Gasteiger charge is 2.44. The van der Waals surface area contributed by atoms with E-state index in [1.165, 1.54) is 19.6 Å². The first-order valence-electron chi connectivity index (χ1n) is 5.98. The molecule has 0 spiro atoms. The SMILES string of the molecule is C[Si](C)(C)OC(c1cc(Cl)cc(OC(F)(F)F)c1)C(F)(F)F. The standard InChI is InChI=1S/C12H13ClF6O2Si/c1-22(2,3)21-10(11(14,15)16)7-4-8(13)6-9(5-7)20-12(17,18)19/h4-6,10H,1-3H3. The molecule has 0 amide bonds. The fourth-order valence-electron chi connectivity index (χ4n) is 1.61. The van der Waals surface area contributed by atoms with Crippen LogP contribution in [0.1, 0.15) is 11.7 Å². The molecule has 0 radical (unpaired) electrons. The third-order valence-corrected chi connectivity index (χ3v) is 3.36. The van der Waals surface area contributed by atoms with Gasteiger partial charge >= 0.3 is 12.5 Å². The van der Waals surface area contributed by atoms with Crippen molar-refractivity contribution in [3.63, 3.8) is 0 Å². The van der Waals surface area contributed by atoms with Crippen LogP contribution in [0.2, 0.25) is 24.7 Å². The van der Waals surface area contributed by atoms with Crippen molar-refractivity contribution in [3.8, 4) is 5.75 Å². The van der Waals surface area contributed by atoms with Crippen molar-refractivity contribution in [1.29, 1.82) is 0 Å². The summed E-state index contributed by atoms with van der Waals surface area (Å²) in [7, 11) is -2.62. The van der Waals surface area contributed by atoms with Crippen molar-refractivity contribution >= 4 is 19.9 Å². The molecule has 0 aromatic heterocycles. The van der Waals surface area contributed by atoms with Crippen LogP contribution in [-0.4, -0.2) is 20.9 Å². The van der Waals surface area contributed by atoms with Crippen LogP contribution in [0, 0.1) is 0 Å². The molecule has 1 atom stereocenters. The van der Waals surface area contributed by atoms with Gasteiger partial charge in [0.25, 0.3) is 0 Å². The molecule has 1 unspecified atom stereocenters. The fourth-order valence-corrected chi connectivity index (χ4v) is 2.82. The molecule has 0 aliphatic heterocycles. The minimum absolute atomic E-state index is 0.315. The highest BCUT2D eigenvalue weighted by molar-refractivity contribution is 6.69. The Kier molecular flexibility index (Phi) is 5.46. The first-order valence-corrected chi connectivity index (χ1v) is 9.77. The monoisotopic (exact) mass is 366 g/mol. The maximum absolute atomic E-state index is 13.1. The summed E-state index contributed by atoms with van der Waals surface area (Å²) in [4.78, 5) is 0. The van der Waals surface area contributed by atoms with Gasteiger partial charge in [0.2, 0.25) is 0 Å². The first kappa shape index (κ1) is 19.1. The van der Waals surface area contributed by atoms with Crippen molar-refractivity contribution in [3.05, 3.63) is 28.8 Å². The zero-order valence-electron chi connectivity index (χ0n) is 11.8. The summed E-state index contributed by atoms with van der Waals surface area (Å²) in [6, 6.07) is 2.31. The van der Waals surface area contributed by atoms with E-state index in [-0.39, 0.29) is 5.02 Å². The predicted octanol–water partition coefficient (Wildman–Crippen LogP) is 5.69. The summed E-state index contributed by atoms with van der Waals surface area (Å²) in [6.45, 7) is 4.59. The molecule has 0 heterocycles. The number of benzene rings is 1. The van der Waals surface area contributed by atoms with Gasteiger partial charge in [-0.3, -0.25) is 0 Å². The Morgan fingerprint density at radius 1 is 1.00 bits per heavy atom. The first-order chi connectivity index (χ1) is 9.67. The largest absolute Gasteiger partial charge is 0.573 e. The Balaban J connectivity index is 3.25. The van der Waals surface area contributed by atoms with E-state index < -0.39 is 38.3 Å². The third-order valence-electron chi connectivity index (χ3n) is 2.20. The topological polar surface area (TPSA) is 18.5 Å². The van der Waals surface area contributed by atoms with E-state index >= 15 is 0 Å². The van der Waals surface area contributed by atoms with Gasteiger partial charge in [-0.15, -0.1) is 13.2 Å². The highest BCUT2D eigenvalue weighted by atomic mass is 35.5. The minimum Gasteiger partial charge on any atom is -0.406 e. The number of hydrogen-bond acceptors (Lipinski definition) is 2. The van der Waals surface area contributed by atoms with Crippen molar-refractivity contribution in [1.82, 2.24) is 0 Å². The third kappa shape index (κ3) is 6.45. The van der Waals surface area contributed by atoms with E-state index in [1.54, 1.807) is 0 Å². The van der Waals surface area contributed by atoms with Gasteiger partial charge in [0, 0.05) is 5.02 Å². The van der Waals surface area contributed by atoms with Crippen LogP contribution < -0.4 is 4.74 Å². The predicted molar refractivity (Wildman–Crippen MR) is 71.4 cm³/mol. The Morgan fingerprint density at radius 2 is 1.55 bits per heavy atom. The average molecular weight is 367 g/mol. The molecule has 0 aliphatic carbocycles. The van der Waals surface area contributed by atoms with E-state index in [0.29, 0.717) is 6.07 Å². The van der Waals surface area contributed by atoms with Gasteiger partial charge < -0.3 is 9.16 Å². The molecule has 0 saturated carbocycles. The summed E-state index contributed by atoms with van der Waals surface area (Å²) < 4.78 is 84.6. The van der Waals surface area contributed by atoms with Gasteiger partial charge in [0.05, 0.1) is 0 Å². The molecule has 0 N–H and O–H groups in total. The van der Waals surface area contributed by atoms with Gasteiger partial charge in [-0.25, -0.2) is 0 Å². The van der Waals surface area contributed by atoms with E-state index in [4.69, 9.17) is 16.0 Å². The summed E-state index contributed by atoms with van der Waals surface area (Å²) in [5.74, 6) is -0.830. The number of ether oxygens (including phenoxy) is 1. The van der Waals surface area contributed by atoms with Gasteiger partial charge in [-0.2, -0.15) is 13.2 Å². The lowest BCUT2D eigenvalue weighted by Crippen LogP contribution is -2.35. The molecule has 126 valence electrons. The van der Waals surface area contributed by atoms with Crippen LogP contribution in [-0.2, 0) is 4.43 Å². The van der Waals surface area contributed by atoms with Crippen LogP contribution >= 0.6 is 11.6 Å². The van der Waals surface area contributed by atoms with E-state index in [2.05, 4.69) is 4.74 Å². The van der Waals surface area contributed by atoms with Crippen molar-refractivity contribution in [2.75, 3.05) is 0 Å². The number of rotatable bonds is 4. The van der Waals surface area contributed by atoms with E-state index in [9.17, 15) is 26.3 Å². The molecule has 0 fully saturated rings. The molecular weight excluding hydrogens is 354 g/mol. The molecular formula is C12H13ClF6O2Si. The van der Waals surface area contributed by atoms with E-state index in [1.807, 2.05) is 0 Å². The lowest BCUT2D eigenvalue weighted by Gasteiger charge is -2.28. The van der Waals surface area contributed by atoms with Gasteiger partial charge in [-0.1, -0.05) is 11.6 Å². The number of halogens is 7. The summed E-state index contributed by atoms with van der Waals surface area (Å²) >= 11 is 5.59. The molecule has 0 saturated heterocycles. The molecule has 10 heteroatoms. The number of hydrogen-bond donors (Lipinski definition) is 0. The normalized spacial score (nSPS) is 14.8. The van der Waals surface area contributed by atoms with Crippen LogP contribution in [0.5, 0.6) is 5.75 Å². The van der Waals surface area contributed by atoms with Crippen LogP contribution in [0.4, 0.5) is 26.3 Å². The Labute approximate surface area is 129 Å². The summed E-state index contributed by atoms with van der Waals surface area (Å²) in [6.07, 6.45) is -12.2. The van der Waals surface area contributed by atoms with Gasteiger partial charge in [0.15, 0.2) is 14.4 Å². The molecule has 1 aromatic carbocycles. The minimum atomic E-state index is -5.03. The zero-order chi connectivity index (χ0) is 17.3. The van der Waals surface area contributed by atoms with Crippen LogP contribution in [0.25, 0.3) is 0 Å². The average Bonchev–Trinajstić information content (AvgIpc) is 2.19. The second-order valence-corrected chi connectivity index (χ2v) is 10.3. The molecule has 2 nitrogen and oxygen atoms in total. The summed E-state index contributed by atoms with van der Waals surface area (Å²) in [5.41, 5.74) is -0.540. The summed E-state index contributed by atoms with van der Waals surface area (Å²) in [5, 5.41) is -0.315. The lowest BCUT2D eigenvalue weighted by molar-refractivity contribution is -0.274. The molecule has 0 aliphatic rings. The van der Waals surface area contributed by atoms with Crippen LogP contribution in [0.15, 0.2) is 18.2 Å². The van der Waals surface area contributed by atoms with Crippen molar-refractivity contribution in [2.45, 2.75) is 38.3 Å². The van der Waals surface area contributed by atoms with Crippen LogP contribution in [0.3, 0.4) is 0 Å². The fraction of sp³-hybridized carbons (Fsp3) is 0.500. The highest BCUT2D eigenvalue weighted by Crippen LogP contribution is 2.40. The lowest BCUT2D eigenvalue weighted by atomic mass is 10.1. The molecule has 1 aromatic rings. The maximum Gasteiger partial charge on any atom is 0.573 e. The smallest absolute Gasteiger partial charge is 0.406 e. The zero-order valence-corrected chi connectivity index (χ0v) is 13.5. The Bertz CT molecular complexity index is 524. The molecule has 0 bridgehead atoms. The Morgan fingerprint density at radius 3 is 1.95 bits per heavy atom. The second-order valence-electron chi connectivity index (χ2n) is 5.42. The maximum atomic E-state index is 13.1.